The number of hydrogen-bond donors (Lipinski definition) is 1. The zero-order chi connectivity index (χ0) is 39.3. The first-order valence-electron chi connectivity index (χ1n) is 18.4. The van der Waals surface area contributed by atoms with Gasteiger partial charge in [0.1, 0.15) is 11.9 Å². The Labute approximate surface area is 310 Å². The maximum absolute atomic E-state index is 14.3. The van der Waals surface area contributed by atoms with Gasteiger partial charge in [0.2, 0.25) is 0 Å². The summed E-state index contributed by atoms with van der Waals surface area (Å²) in [5.74, 6) is -3.16. The molecule has 1 aliphatic rings. The topological polar surface area (TPSA) is 108 Å². The molecule has 1 aliphatic carbocycles. The summed E-state index contributed by atoms with van der Waals surface area (Å²) in [4.78, 5) is 54.9. The lowest BCUT2D eigenvalue weighted by molar-refractivity contribution is -0.161. The first kappa shape index (κ1) is 42.4. The molecule has 8 nitrogen and oxygen atoms in total. The van der Waals surface area contributed by atoms with Crippen LogP contribution < -0.4 is 14.8 Å². The van der Waals surface area contributed by atoms with E-state index in [4.69, 9.17) is 14.2 Å². The van der Waals surface area contributed by atoms with Crippen molar-refractivity contribution in [3.05, 3.63) is 70.1 Å². The molecule has 286 valence electrons. The molecule has 2 aromatic carbocycles. The third-order valence-corrected chi connectivity index (χ3v) is 9.27. The van der Waals surface area contributed by atoms with Crippen LogP contribution in [0.1, 0.15) is 148 Å². The zero-order valence-electron chi connectivity index (χ0n) is 33.5. The molecule has 0 saturated carbocycles. The fourth-order valence-corrected chi connectivity index (χ4v) is 6.12. The van der Waals surface area contributed by atoms with Crippen molar-refractivity contribution in [2.75, 3.05) is 6.54 Å². The van der Waals surface area contributed by atoms with E-state index in [1.54, 1.807) is 59.7 Å². The average Bonchev–Trinajstić information content (AvgIpc) is 3.00. The minimum Gasteiger partial charge on any atom is -0.461 e. The first-order chi connectivity index (χ1) is 23.9. The van der Waals surface area contributed by atoms with Crippen LogP contribution in [0.5, 0.6) is 11.5 Å². The largest absolute Gasteiger partial charge is 0.461 e. The number of carbonyl (C=O) groups is 4. The van der Waals surface area contributed by atoms with Crippen LogP contribution in [-0.2, 0) is 25.5 Å². The predicted octanol–water partition coefficient (Wildman–Crippen LogP) is 9.63. The lowest BCUT2D eigenvalue weighted by Gasteiger charge is -2.41. The lowest BCUT2D eigenvalue weighted by Crippen LogP contribution is -2.39. The number of halogens is 1. The van der Waals surface area contributed by atoms with E-state index in [9.17, 15) is 23.6 Å². The molecule has 0 heterocycles. The normalized spacial score (nSPS) is 18.1. The van der Waals surface area contributed by atoms with Crippen LogP contribution in [0.15, 0.2) is 42.0 Å². The van der Waals surface area contributed by atoms with Gasteiger partial charge in [0.15, 0.2) is 11.5 Å². The van der Waals surface area contributed by atoms with Gasteiger partial charge >= 0.3 is 17.9 Å². The molecule has 0 spiro atoms. The monoisotopic (exact) mass is 721 g/mol. The molecule has 0 bridgehead atoms. The molecular formula is C43H60FNO7. The van der Waals surface area contributed by atoms with Crippen molar-refractivity contribution in [2.45, 2.75) is 134 Å². The second kappa shape index (κ2) is 16.8. The maximum Gasteiger partial charge on any atom is 0.316 e. The summed E-state index contributed by atoms with van der Waals surface area (Å²) in [5.41, 5.74) is 0.806. The summed E-state index contributed by atoms with van der Waals surface area (Å²) in [6.07, 6.45) is 4.07. The van der Waals surface area contributed by atoms with Gasteiger partial charge in [-0.25, -0.2) is 4.39 Å². The highest BCUT2D eigenvalue weighted by atomic mass is 19.1. The molecule has 1 amide bonds. The first-order valence-corrected chi connectivity index (χ1v) is 18.4. The van der Waals surface area contributed by atoms with Crippen LogP contribution in [-0.4, -0.2) is 36.5 Å². The van der Waals surface area contributed by atoms with Gasteiger partial charge in [-0.3, -0.25) is 19.2 Å². The number of carbonyl (C=O) groups excluding carboxylic acids is 4. The molecule has 1 N–H and O–H groups in total. The number of rotatable bonds is 11. The van der Waals surface area contributed by atoms with Crippen LogP contribution >= 0.6 is 0 Å². The Kier molecular flexibility index (Phi) is 13.7. The van der Waals surface area contributed by atoms with Crippen LogP contribution in [0.2, 0.25) is 0 Å². The van der Waals surface area contributed by atoms with Crippen LogP contribution in [0, 0.1) is 28.0 Å². The number of benzene rings is 2. The molecule has 0 saturated heterocycles. The van der Waals surface area contributed by atoms with Gasteiger partial charge in [0, 0.05) is 18.0 Å². The highest BCUT2D eigenvalue weighted by Crippen LogP contribution is 2.53. The number of fused-ring (bicyclic) bond motifs is 1. The third kappa shape index (κ3) is 11.0. The number of ether oxygens (including phenoxy) is 3. The number of hydrogen-bond acceptors (Lipinski definition) is 7. The Morgan fingerprint density at radius 3 is 1.92 bits per heavy atom. The SMILES string of the molecule is CC(C)=CCC[C@H](C)[C@H]1c2cc(C(=O)NCCc3ccc(F)cc3)c(OC(=O)C(C)(C)C)c(OC(=O)C(C)(C)C)c2[C@H](C)C[C@H]1OC(=O)C(C)(C)C. The predicted molar refractivity (Wildman–Crippen MR) is 202 cm³/mol. The summed E-state index contributed by atoms with van der Waals surface area (Å²) in [6, 6.07) is 7.77. The smallest absolute Gasteiger partial charge is 0.316 e. The third-order valence-electron chi connectivity index (χ3n) is 9.27. The molecule has 0 aliphatic heterocycles. The highest BCUT2D eigenvalue weighted by Gasteiger charge is 2.44. The lowest BCUT2D eigenvalue weighted by atomic mass is 9.68. The van der Waals surface area contributed by atoms with E-state index in [-0.39, 0.29) is 53.1 Å². The molecule has 9 heteroatoms. The second-order valence-corrected chi connectivity index (χ2v) is 17.7. The van der Waals surface area contributed by atoms with Gasteiger partial charge in [-0.2, -0.15) is 0 Å². The Morgan fingerprint density at radius 2 is 1.40 bits per heavy atom. The summed E-state index contributed by atoms with van der Waals surface area (Å²) in [7, 11) is 0. The van der Waals surface area contributed by atoms with E-state index in [0.717, 1.165) is 18.4 Å². The molecule has 0 fully saturated rings. The van der Waals surface area contributed by atoms with Crippen molar-refractivity contribution in [3.8, 4) is 11.5 Å². The van der Waals surface area contributed by atoms with Crippen LogP contribution in [0.25, 0.3) is 0 Å². The molecule has 2 aromatic rings. The van der Waals surface area contributed by atoms with E-state index in [1.807, 2.05) is 41.5 Å². The van der Waals surface area contributed by atoms with Gasteiger partial charge < -0.3 is 19.5 Å². The average molecular weight is 722 g/mol. The minimum atomic E-state index is -0.947. The number of amides is 1. The fraction of sp³-hybridized carbons (Fsp3) is 0.581. The number of esters is 3. The van der Waals surface area contributed by atoms with Crippen LogP contribution in [0.3, 0.4) is 0 Å². The summed E-state index contributed by atoms with van der Waals surface area (Å²) < 4.78 is 32.1. The van der Waals surface area contributed by atoms with E-state index >= 15 is 0 Å². The number of nitrogens with one attached hydrogen (secondary N) is 1. The van der Waals surface area contributed by atoms with Gasteiger partial charge in [0.25, 0.3) is 5.91 Å². The van der Waals surface area contributed by atoms with Gasteiger partial charge in [-0.1, -0.05) is 37.6 Å². The van der Waals surface area contributed by atoms with Gasteiger partial charge in [-0.05, 0) is 143 Å². The van der Waals surface area contributed by atoms with Gasteiger partial charge in [0.05, 0.1) is 21.8 Å². The molecule has 0 radical (unpaired) electrons. The van der Waals surface area contributed by atoms with Crippen molar-refractivity contribution in [3.63, 3.8) is 0 Å². The minimum absolute atomic E-state index is 0.0249. The number of allylic oxidation sites excluding steroid dienone is 2. The zero-order valence-corrected chi connectivity index (χ0v) is 33.5. The molecule has 52 heavy (non-hydrogen) atoms. The Hall–Kier alpha value is -4.01. The standard InChI is InChI=1S/C43H60FNO7/c1-25(2)15-14-16-26(3)33-30-24-31(37(46)45-22-21-28-17-19-29(44)20-18-28)35(51-39(48)42(8,9)10)36(52-40(49)43(11,12)13)34(30)27(4)23-32(33)50-38(47)41(5,6)7/h15,17-20,24,26-27,32-33H,14,16,21-23H2,1-13H3,(H,45,46)/t26-,27+,32+,33-/m0/s1. The fourth-order valence-electron chi connectivity index (χ4n) is 6.12. The van der Waals surface area contributed by atoms with E-state index in [1.165, 1.54) is 17.7 Å². The van der Waals surface area contributed by atoms with Crippen molar-refractivity contribution < 1.29 is 37.8 Å². The molecule has 0 unspecified atom stereocenters. The maximum atomic E-state index is 14.3. The summed E-state index contributed by atoms with van der Waals surface area (Å²) >= 11 is 0. The molecular weight excluding hydrogens is 661 g/mol. The van der Waals surface area contributed by atoms with E-state index < -0.39 is 40.2 Å². The van der Waals surface area contributed by atoms with Gasteiger partial charge in [-0.15, -0.1) is 0 Å². The molecule has 4 atom stereocenters. The van der Waals surface area contributed by atoms with E-state index in [0.29, 0.717) is 24.0 Å². The molecule has 0 aromatic heterocycles. The Balaban J connectivity index is 2.33. The Morgan fingerprint density at radius 1 is 0.865 bits per heavy atom. The summed E-state index contributed by atoms with van der Waals surface area (Å²) in [5, 5.41) is 2.94. The molecule has 3 rings (SSSR count). The van der Waals surface area contributed by atoms with Crippen molar-refractivity contribution in [1.29, 1.82) is 0 Å². The van der Waals surface area contributed by atoms with Crippen molar-refractivity contribution >= 4 is 23.8 Å². The highest BCUT2D eigenvalue weighted by molar-refractivity contribution is 6.00. The van der Waals surface area contributed by atoms with Crippen molar-refractivity contribution in [1.82, 2.24) is 5.32 Å². The summed E-state index contributed by atoms with van der Waals surface area (Å²) in [6.45, 7) is 24.1. The van der Waals surface area contributed by atoms with Crippen LogP contribution in [0.4, 0.5) is 4.39 Å². The Bertz CT molecular complexity index is 1650. The second-order valence-electron chi connectivity index (χ2n) is 17.7. The van der Waals surface area contributed by atoms with E-state index in [2.05, 4.69) is 18.3 Å². The van der Waals surface area contributed by atoms with Crippen molar-refractivity contribution in [2.24, 2.45) is 22.2 Å². The quantitative estimate of drug-likeness (QED) is 0.140.